The van der Waals surface area contributed by atoms with Crippen LogP contribution in [0.2, 0.25) is 0 Å². The summed E-state index contributed by atoms with van der Waals surface area (Å²) >= 11 is 0. The molecule has 1 aromatic carbocycles. The van der Waals surface area contributed by atoms with Gasteiger partial charge in [-0.3, -0.25) is 4.79 Å². The van der Waals surface area contributed by atoms with E-state index < -0.39 is 0 Å². The number of methoxy groups -OCH3 is 2. The molecule has 1 aromatic rings. The largest absolute Gasteiger partial charge is 0.448 e. The standard InChI is InChI=1S/C42H65N3O6/c1-42-30-33(40-36-18-16-35(46)29-32(36)13-17-37(40)38(42)19-20-39(42)47)10-6-4-5-7-21-43-23-26-51-41(48)44-22-8-9-31-11-14-34(15-12-31)45(24-27-49-2)25-28-50-3/h11-12,14-15,29,33,37-39,43,47H,4-10,13,16-28,30H2,1-3H3,(H,44,48). The SMILES string of the molecule is COCCN(CCOC)c1ccc(CCCNC(=O)OCCNCCCCCCC2CC3(C)C(O)CCC3C3CCC4=CC(=O)CCC4=C23)cc1. The van der Waals surface area contributed by atoms with Crippen molar-refractivity contribution in [3.8, 4) is 0 Å². The van der Waals surface area contributed by atoms with E-state index in [1.165, 1.54) is 42.4 Å². The van der Waals surface area contributed by atoms with Gasteiger partial charge in [-0.1, -0.05) is 43.9 Å². The molecule has 0 spiro atoms. The third kappa shape index (κ3) is 10.7. The van der Waals surface area contributed by atoms with Crippen LogP contribution >= 0.6 is 0 Å². The number of nitrogens with one attached hydrogen (secondary N) is 2. The highest BCUT2D eigenvalue weighted by Crippen LogP contribution is 2.62. The topological polar surface area (TPSA) is 109 Å². The number of nitrogens with zero attached hydrogens (tertiary/aromatic N) is 1. The number of alkyl carbamates (subject to hydrolysis) is 1. The van der Waals surface area contributed by atoms with Gasteiger partial charge in [0.2, 0.25) is 0 Å². The highest BCUT2D eigenvalue weighted by molar-refractivity contribution is 5.93. The first kappa shape index (κ1) is 39.5. The number of aliphatic hydroxyl groups excluding tert-OH is 1. The molecule has 0 bridgehead atoms. The van der Waals surface area contributed by atoms with Crippen molar-refractivity contribution in [2.45, 2.75) is 103 Å². The lowest BCUT2D eigenvalue weighted by molar-refractivity contribution is -0.114. The minimum Gasteiger partial charge on any atom is -0.448 e. The van der Waals surface area contributed by atoms with Gasteiger partial charge in [0.15, 0.2) is 5.78 Å². The van der Waals surface area contributed by atoms with Crippen LogP contribution in [-0.4, -0.2) is 89.9 Å². The third-order valence-electron chi connectivity index (χ3n) is 12.3. The summed E-state index contributed by atoms with van der Waals surface area (Å²) in [5.74, 6) is 2.03. The van der Waals surface area contributed by atoms with Crippen LogP contribution in [0, 0.1) is 23.2 Å². The molecule has 0 radical (unpaired) electrons. The fourth-order valence-corrected chi connectivity index (χ4v) is 9.58. The van der Waals surface area contributed by atoms with Crippen molar-refractivity contribution in [3.05, 3.63) is 52.6 Å². The monoisotopic (exact) mass is 707 g/mol. The normalized spacial score (nSPS) is 25.6. The zero-order chi connectivity index (χ0) is 36.1. The molecular weight excluding hydrogens is 642 g/mol. The van der Waals surface area contributed by atoms with Gasteiger partial charge in [0.25, 0.3) is 0 Å². The number of amides is 1. The van der Waals surface area contributed by atoms with Crippen LogP contribution in [0.25, 0.3) is 0 Å². The average Bonchev–Trinajstić information content (AvgIpc) is 3.44. The Hall–Kier alpha value is -2.72. The molecule has 0 aromatic heterocycles. The third-order valence-corrected chi connectivity index (χ3v) is 12.3. The van der Waals surface area contributed by atoms with Crippen molar-refractivity contribution in [1.29, 1.82) is 0 Å². The summed E-state index contributed by atoms with van der Waals surface area (Å²) in [4.78, 5) is 26.6. The number of ketones is 1. The number of carbonyl (C=O) groups is 2. The number of allylic oxidation sites excluding steroid dienone is 4. The van der Waals surface area contributed by atoms with Crippen molar-refractivity contribution in [2.75, 3.05) is 71.7 Å². The molecule has 284 valence electrons. The van der Waals surface area contributed by atoms with Crippen LogP contribution in [0.1, 0.15) is 96.0 Å². The van der Waals surface area contributed by atoms with E-state index in [0.29, 0.717) is 62.9 Å². The lowest BCUT2D eigenvalue weighted by atomic mass is 9.53. The minimum absolute atomic E-state index is 0.0406. The lowest BCUT2D eigenvalue weighted by Gasteiger charge is -2.52. The fourth-order valence-electron chi connectivity index (χ4n) is 9.58. The van der Waals surface area contributed by atoms with Gasteiger partial charge < -0.3 is 34.9 Å². The second-order valence-corrected chi connectivity index (χ2v) is 15.6. The summed E-state index contributed by atoms with van der Waals surface area (Å²) in [5.41, 5.74) is 6.98. The van der Waals surface area contributed by atoms with Gasteiger partial charge in [-0.2, -0.15) is 0 Å². The molecule has 5 unspecified atom stereocenters. The van der Waals surface area contributed by atoms with Crippen molar-refractivity contribution in [3.63, 3.8) is 0 Å². The number of fused-ring (bicyclic) bond motifs is 4. The van der Waals surface area contributed by atoms with Crippen LogP contribution in [0.4, 0.5) is 10.5 Å². The molecule has 0 saturated heterocycles. The number of ether oxygens (including phenoxy) is 3. The maximum atomic E-state index is 12.2. The molecule has 2 fully saturated rings. The highest BCUT2D eigenvalue weighted by atomic mass is 16.5. The zero-order valence-electron chi connectivity index (χ0n) is 31.7. The van der Waals surface area contributed by atoms with Gasteiger partial charge in [0, 0.05) is 52.5 Å². The van der Waals surface area contributed by atoms with Crippen molar-refractivity contribution >= 4 is 17.6 Å². The minimum atomic E-state index is -0.356. The number of unbranched alkanes of at least 4 members (excludes halogenated alkanes) is 3. The first-order valence-corrected chi connectivity index (χ1v) is 19.9. The quantitative estimate of drug-likeness (QED) is 0.120. The zero-order valence-corrected chi connectivity index (χ0v) is 31.7. The molecular formula is C42H65N3O6. The number of rotatable bonds is 21. The van der Waals surface area contributed by atoms with Crippen molar-refractivity contribution < 1.29 is 28.9 Å². The maximum Gasteiger partial charge on any atom is 0.407 e. The number of aryl methyl sites for hydroxylation is 1. The Morgan fingerprint density at radius 1 is 0.902 bits per heavy atom. The number of hydrogen-bond donors (Lipinski definition) is 3. The van der Waals surface area contributed by atoms with Crippen LogP contribution in [0.3, 0.4) is 0 Å². The Morgan fingerprint density at radius 2 is 1.67 bits per heavy atom. The Morgan fingerprint density at radius 3 is 2.43 bits per heavy atom. The van der Waals surface area contributed by atoms with Gasteiger partial charge in [0.1, 0.15) is 6.61 Å². The van der Waals surface area contributed by atoms with Gasteiger partial charge in [-0.15, -0.1) is 0 Å². The Kier molecular flexibility index (Phi) is 15.4. The van der Waals surface area contributed by atoms with E-state index in [4.69, 9.17) is 14.2 Å². The average molecular weight is 708 g/mol. The summed E-state index contributed by atoms with van der Waals surface area (Å²) in [6, 6.07) is 8.58. The summed E-state index contributed by atoms with van der Waals surface area (Å²) in [7, 11) is 3.44. The molecule has 5 rings (SSSR count). The van der Waals surface area contributed by atoms with Gasteiger partial charge in [-0.05, 0) is 129 Å². The summed E-state index contributed by atoms with van der Waals surface area (Å²) in [6.07, 6.45) is 16.0. The number of aliphatic hydroxyl groups is 1. The molecule has 0 aliphatic heterocycles. The van der Waals surface area contributed by atoms with E-state index in [-0.39, 0.29) is 17.6 Å². The van der Waals surface area contributed by atoms with E-state index >= 15 is 0 Å². The molecule has 4 aliphatic rings. The lowest BCUT2D eigenvalue weighted by Crippen LogP contribution is -2.45. The summed E-state index contributed by atoms with van der Waals surface area (Å²) < 4.78 is 15.9. The number of carbonyl (C=O) groups excluding carboxylic acids is 2. The maximum absolute atomic E-state index is 12.2. The first-order valence-electron chi connectivity index (χ1n) is 19.9. The Labute approximate surface area is 306 Å². The molecule has 2 saturated carbocycles. The molecule has 0 heterocycles. The molecule has 4 aliphatic carbocycles. The number of anilines is 1. The Bertz CT molecular complexity index is 1320. The number of benzene rings is 1. The van der Waals surface area contributed by atoms with E-state index in [0.717, 1.165) is 83.1 Å². The van der Waals surface area contributed by atoms with E-state index in [9.17, 15) is 14.7 Å². The van der Waals surface area contributed by atoms with Crippen molar-refractivity contribution in [2.24, 2.45) is 23.2 Å². The smallest absolute Gasteiger partial charge is 0.407 e. The predicted octanol–water partition coefficient (Wildman–Crippen LogP) is 6.78. The Balaban J connectivity index is 0.916. The van der Waals surface area contributed by atoms with Crippen LogP contribution in [-0.2, 0) is 25.4 Å². The van der Waals surface area contributed by atoms with Gasteiger partial charge in [-0.25, -0.2) is 4.79 Å². The fraction of sp³-hybridized carbons (Fsp3) is 0.714. The molecule has 1 amide bonds. The molecule has 3 N–H and O–H groups in total. The second-order valence-electron chi connectivity index (χ2n) is 15.6. The van der Waals surface area contributed by atoms with E-state index in [1.54, 1.807) is 19.8 Å². The van der Waals surface area contributed by atoms with Crippen LogP contribution in [0.15, 0.2) is 47.1 Å². The summed E-state index contributed by atoms with van der Waals surface area (Å²) in [6.45, 7) is 7.88. The molecule has 51 heavy (non-hydrogen) atoms. The van der Waals surface area contributed by atoms with E-state index in [2.05, 4.69) is 46.7 Å². The van der Waals surface area contributed by atoms with Gasteiger partial charge in [0.05, 0.1) is 19.3 Å². The van der Waals surface area contributed by atoms with Crippen LogP contribution in [0.5, 0.6) is 0 Å². The predicted molar refractivity (Wildman–Crippen MR) is 203 cm³/mol. The van der Waals surface area contributed by atoms with Crippen molar-refractivity contribution in [1.82, 2.24) is 10.6 Å². The highest BCUT2D eigenvalue weighted by Gasteiger charge is 2.55. The van der Waals surface area contributed by atoms with Gasteiger partial charge >= 0.3 is 6.09 Å². The summed E-state index contributed by atoms with van der Waals surface area (Å²) in [5, 5.41) is 17.3. The molecule has 5 atom stereocenters. The molecule has 9 nitrogen and oxygen atoms in total. The van der Waals surface area contributed by atoms with E-state index in [1.807, 2.05) is 6.08 Å². The van der Waals surface area contributed by atoms with Crippen LogP contribution < -0.4 is 15.5 Å². The first-order chi connectivity index (χ1) is 24.8. The molecule has 9 heteroatoms. The number of hydrogen-bond acceptors (Lipinski definition) is 8. The second kappa shape index (κ2) is 19.9.